The zero-order valence-corrected chi connectivity index (χ0v) is 14.7. The number of benzene rings is 1. The zero-order chi connectivity index (χ0) is 17.4. The lowest BCUT2D eigenvalue weighted by Gasteiger charge is -2.15. The predicted molar refractivity (Wildman–Crippen MR) is 95.5 cm³/mol. The molecule has 1 aromatic rings. The smallest absolute Gasteiger partial charge is 0.251 e. The molecule has 1 amide bonds. The number of hydrogen-bond donors (Lipinski definition) is 1. The average molecular weight is 332 g/mol. The zero-order valence-electron chi connectivity index (χ0n) is 14.7. The normalized spacial score (nSPS) is 17.7. The summed E-state index contributed by atoms with van der Waals surface area (Å²) in [4.78, 5) is 14.6. The van der Waals surface area contributed by atoms with Crippen molar-refractivity contribution in [2.24, 2.45) is 5.92 Å². The molecular formula is C19H28N2O3. The minimum Gasteiger partial charge on any atom is -0.489 e. The van der Waals surface area contributed by atoms with E-state index in [0.717, 1.165) is 50.5 Å². The third kappa shape index (κ3) is 5.98. The van der Waals surface area contributed by atoms with Crippen LogP contribution in [-0.4, -0.2) is 57.3 Å². The SMILES string of the molecule is C=C(C)COc1ccc(C(=O)NC[C@H]2CCN(CCOC)C2)cc1. The lowest BCUT2D eigenvalue weighted by Crippen LogP contribution is -2.31. The number of nitrogens with one attached hydrogen (secondary N) is 1. The van der Waals surface area contributed by atoms with Crippen LogP contribution in [0.15, 0.2) is 36.4 Å². The Morgan fingerprint density at radius 2 is 2.12 bits per heavy atom. The highest BCUT2D eigenvalue weighted by Gasteiger charge is 2.22. The third-order valence-electron chi connectivity index (χ3n) is 4.13. The van der Waals surface area contributed by atoms with Crippen LogP contribution in [0.25, 0.3) is 0 Å². The van der Waals surface area contributed by atoms with Gasteiger partial charge in [0.25, 0.3) is 5.91 Å². The van der Waals surface area contributed by atoms with Gasteiger partial charge in [0.2, 0.25) is 0 Å². The Bertz CT molecular complexity index is 542. The van der Waals surface area contributed by atoms with Gasteiger partial charge in [0.15, 0.2) is 0 Å². The van der Waals surface area contributed by atoms with Crippen molar-refractivity contribution in [3.63, 3.8) is 0 Å². The van der Waals surface area contributed by atoms with Crippen LogP contribution in [0.3, 0.4) is 0 Å². The molecule has 132 valence electrons. The van der Waals surface area contributed by atoms with Crippen molar-refractivity contribution in [1.82, 2.24) is 10.2 Å². The molecule has 0 saturated carbocycles. The predicted octanol–water partition coefficient (Wildman–Crippen LogP) is 2.34. The molecule has 24 heavy (non-hydrogen) atoms. The van der Waals surface area contributed by atoms with Gasteiger partial charge in [-0.05, 0) is 55.6 Å². The molecule has 0 bridgehead atoms. The van der Waals surface area contributed by atoms with Crippen LogP contribution in [0.1, 0.15) is 23.7 Å². The summed E-state index contributed by atoms with van der Waals surface area (Å²) in [5.74, 6) is 1.24. The number of likely N-dealkylation sites (tertiary alicyclic amines) is 1. The maximum absolute atomic E-state index is 12.2. The van der Waals surface area contributed by atoms with Crippen molar-refractivity contribution < 1.29 is 14.3 Å². The van der Waals surface area contributed by atoms with Gasteiger partial charge in [-0.3, -0.25) is 4.79 Å². The molecule has 5 nitrogen and oxygen atoms in total. The second-order valence-corrected chi connectivity index (χ2v) is 6.43. The fourth-order valence-corrected chi connectivity index (χ4v) is 2.75. The van der Waals surface area contributed by atoms with E-state index in [1.54, 1.807) is 19.2 Å². The molecule has 1 aliphatic heterocycles. The molecule has 0 aromatic heterocycles. The van der Waals surface area contributed by atoms with Gasteiger partial charge in [-0.15, -0.1) is 0 Å². The number of amides is 1. The Morgan fingerprint density at radius 1 is 1.38 bits per heavy atom. The molecule has 0 unspecified atom stereocenters. The van der Waals surface area contributed by atoms with E-state index < -0.39 is 0 Å². The summed E-state index contributed by atoms with van der Waals surface area (Å²) in [7, 11) is 1.72. The number of ether oxygens (including phenoxy) is 2. The number of rotatable bonds is 9. The summed E-state index contributed by atoms with van der Waals surface area (Å²) in [6.45, 7) is 10.8. The van der Waals surface area contributed by atoms with E-state index in [4.69, 9.17) is 9.47 Å². The molecular weight excluding hydrogens is 304 g/mol. The topological polar surface area (TPSA) is 50.8 Å². The van der Waals surface area contributed by atoms with Crippen molar-refractivity contribution in [2.45, 2.75) is 13.3 Å². The average Bonchev–Trinajstić information content (AvgIpc) is 3.04. The van der Waals surface area contributed by atoms with Gasteiger partial charge in [0.1, 0.15) is 12.4 Å². The summed E-state index contributed by atoms with van der Waals surface area (Å²) < 4.78 is 10.6. The first-order valence-electron chi connectivity index (χ1n) is 8.45. The van der Waals surface area contributed by atoms with E-state index in [0.29, 0.717) is 18.1 Å². The van der Waals surface area contributed by atoms with Gasteiger partial charge in [0, 0.05) is 32.3 Å². The van der Waals surface area contributed by atoms with Crippen LogP contribution in [-0.2, 0) is 4.74 Å². The first kappa shape index (κ1) is 18.5. The Labute approximate surface area is 144 Å². The Morgan fingerprint density at radius 3 is 2.79 bits per heavy atom. The molecule has 0 spiro atoms. The van der Waals surface area contributed by atoms with Gasteiger partial charge >= 0.3 is 0 Å². The standard InChI is InChI=1S/C19H28N2O3/c1-15(2)14-24-18-6-4-17(5-7-18)19(22)20-12-16-8-9-21(13-16)10-11-23-3/h4-7,16H,1,8-14H2,2-3H3,(H,20,22)/t16-/m1/s1. The molecule has 1 aromatic carbocycles. The maximum atomic E-state index is 12.2. The van der Waals surface area contributed by atoms with Crippen LogP contribution in [0.5, 0.6) is 5.75 Å². The molecule has 0 radical (unpaired) electrons. The summed E-state index contributed by atoms with van der Waals surface area (Å²) in [5, 5.41) is 3.04. The Kier molecular flexibility index (Phi) is 7.28. The fourth-order valence-electron chi connectivity index (χ4n) is 2.75. The molecule has 2 rings (SSSR count). The van der Waals surface area contributed by atoms with Gasteiger partial charge in [0.05, 0.1) is 6.61 Å². The maximum Gasteiger partial charge on any atom is 0.251 e. The van der Waals surface area contributed by atoms with E-state index in [9.17, 15) is 4.79 Å². The number of nitrogens with zero attached hydrogens (tertiary/aromatic N) is 1. The lowest BCUT2D eigenvalue weighted by atomic mass is 10.1. The summed E-state index contributed by atoms with van der Waals surface area (Å²) >= 11 is 0. The molecule has 5 heteroatoms. The summed E-state index contributed by atoms with van der Waals surface area (Å²) in [5.41, 5.74) is 1.62. The van der Waals surface area contributed by atoms with Crippen molar-refractivity contribution >= 4 is 5.91 Å². The number of methoxy groups -OCH3 is 1. The fraction of sp³-hybridized carbons (Fsp3) is 0.526. The lowest BCUT2D eigenvalue weighted by molar-refractivity contribution is 0.0946. The highest BCUT2D eigenvalue weighted by Crippen LogP contribution is 2.16. The van der Waals surface area contributed by atoms with Crippen LogP contribution >= 0.6 is 0 Å². The third-order valence-corrected chi connectivity index (χ3v) is 4.13. The van der Waals surface area contributed by atoms with E-state index in [1.807, 2.05) is 19.1 Å². The highest BCUT2D eigenvalue weighted by atomic mass is 16.5. The molecule has 1 saturated heterocycles. The number of carbonyl (C=O) groups is 1. The Balaban J connectivity index is 1.73. The highest BCUT2D eigenvalue weighted by molar-refractivity contribution is 5.94. The monoisotopic (exact) mass is 332 g/mol. The largest absolute Gasteiger partial charge is 0.489 e. The van der Waals surface area contributed by atoms with Crippen LogP contribution in [0.4, 0.5) is 0 Å². The minimum atomic E-state index is -0.0307. The second-order valence-electron chi connectivity index (χ2n) is 6.43. The van der Waals surface area contributed by atoms with Gasteiger partial charge in [-0.25, -0.2) is 0 Å². The van der Waals surface area contributed by atoms with Crippen molar-refractivity contribution in [3.05, 3.63) is 42.0 Å². The number of hydrogen-bond acceptors (Lipinski definition) is 4. The number of carbonyl (C=O) groups excluding carboxylic acids is 1. The first-order valence-corrected chi connectivity index (χ1v) is 8.45. The molecule has 1 fully saturated rings. The van der Waals surface area contributed by atoms with Crippen molar-refractivity contribution in [2.75, 3.05) is 46.5 Å². The molecule has 0 aliphatic carbocycles. The summed E-state index contributed by atoms with van der Waals surface area (Å²) in [6.07, 6.45) is 1.12. The second kappa shape index (κ2) is 9.45. The quantitative estimate of drug-likeness (QED) is 0.705. The molecule has 1 N–H and O–H groups in total. The van der Waals surface area contributed by atoms with E-state index in [2.05, 4.69) is 16.8 Å². The molecule has 1 heterocycles. The van der Waals surface area contributed by atoms with Crippen LogP contribution in [0.2, 0.25) is 0 Å². The van der Waals surface area contributed by atoms with Gasteiger partial charge < -0.3 is 19.7 Å². The van der Waals surface area contributed by atoms with Crippen molar-refractivity contribution in [3.8, 4) is 5.75 Å². The molecule has 1 aliphatic rings. The minimum absolute atomic E-state index is 0.0307. The van der Waals surface area contributed by atoms with Gasteiger partial charge in [-0.1, -0.05) is 6.58 Å². The van der Waals surface area contributed by atoms with Crippen LogP contribution < -0.4 is 10.1 Å². The van der Waals surface area contributed by atoms with E-state index in [1.165, 1.54) is 0 Å². The van der Waals surface area contributed by atoms with Crippen LogP contribution in [0, 0.1) is 5.92 Å². The first-order chi connectivity index (χ1) is 11.6. The van der Waals surface area contributed by atoms with Gasteiger partial charge in [-0.2, -0.15) is 0 Å². The van der Waals surface area contributed by atoms with Crippen molar-refractivity contribution in [1.29, 1.82) is 0 Å². The Hall–Kier alpha value is -1.85. The van der Waals surface area contributed by atoms with E-state index in [-0.39, 0.29) is 5.91 Å². The summed E-state index contributed by atoms with van der Waals surface area (Å²) in [6, 6.07) is 7.23. The van der Waals surface area contributed by atoms with E-state index >= 15 is 0 Å². The molecule has 1 atom stereocenters.